The van der Waals surface area contributed by atoms with Crippen LogP contribution in [-0.2, 0) is 16.0 Å². The molecule has 2 fully saturated rings. The minimum absolute atomic E-state index is 0.0969. The lowest BCUT2D eigenvalue weighted by atomic mass is 9.90. The molecule has 0 spiro atoms. The second-order valence-corrected chi connectivity index (χ2v) is 6.76. The molecule has 0 bridgehead atoms. The number of hydrogen-bond donors (Lipinski definition) is 0. The smallest absolute Gasteiger partial charge is 0.254 e. The van der Waals surface area contributed by atoms with Gasteiger partial charge in [0.05, 0.1) is 13.2 Å². The van der Waals surface area contributed by atoms with Crippen molar-refractivity contribution in [3.63, 3.8) is 0 Å². The molecule has 5 nitrogen and oxygen atoms in total. The molecule has 2 heterocycles. The maximum atomic E-state index is 12.4. The predicted octanol–water partition coefficient (Wildman–Crippen LogP) is 1.96. The summed E-state index contributed by atoms with van der Waals surface area (Å²) in [6.45, 7) is 5.99. The second kappa shape index (κ2) is 7.79. The van der Waals surface area contributed by atoms with Gasteiger partial charge in [-0.15, -0.1) is 0 Å². The number of benzene rings is 1. The molecule has 2 saturated heterocycles. The van der Waals surface area contributed by atoms with Crippen LogP contribution < -0.4 is 0 Å². The topological polar surface area (TPSA) is 49.9 Å². The summed E-state index contributed by atoms with van der Waals surface area (Å²) in [5.41, 5.74) is 2.03. The number of carbonyl (C=O) groups is 2. The molecule has 3 rings (SSSR count). The Kier molecular flexibility index (Phi) is 5.51. The molecule has 0 aromatic heterocycles. The highest BCUT2D eigenvalue weighted by Crippen LogP contribution is 2.22. The van der Waals surface area contributed by atoms with Gasteiger partial charge in [-0.1, -0.05) is 12.1 Å². The number of amides is 2. The first-order chi connectivity index (χ1) is 11.6. The summed E-state index contributed by atoms with van der Waals surface area (Å²) in [4.78, 5) is 27.6. The number of ether oxygens (including phenoxy) is 1. The van der Waals surface area contributed by atoms with E-state index in [0.29, 0.717) is 32.2 Å². The molecule has 0 radical (unpaired) electrons. The number of hydrogen-bond acceptors (Lipinski definition) is 3. The third-order valence-corrected chi connectivity index (χ3v) is 5.08. The first-order valence-corrected chi connectivity index (χ1v) is 8.85. The van der Waals surface area contributed by atoms with Crippen LogP contribution in [0.4, 0.5) is 0 Å². The van der Waals surface area contributed by atoms with E-state index in [-0.39, 0.29) is 11.8 Å². The average molecular weight is 330 g/mol. The minimum Gasteiger partial charge on any atom is -0.378 e. The lowest BCUT2D eigenvalue weighted by Gasteiger charge is -2.31. The Labute approximate surface area is 143 Å². The molecule has 2 aliphatic heterocycles. The van der Waals surface area contributed by atoms with E-state index in [4.69, 9.17) is 4.74 Å². The molecule has 0 N–H and O–H groups in total. The van der Waals surface area contributed by atoms with Crippen molar-refractivity contribution in [1.82, 2.24) is 9.80 Å². The molecule has 130 valence electrons. The summed E-state index contributed by atoms with van der Waals surface area (Å²) in [6, 6.07) is 8.03. The van der Waals surface area contributed by atoms with Crippen LogP contribution in [-0.4, -0.2) is 61.0 Å². The van der Waals surface area contributed by atoms with Crippen LogP contribution in [0.5, 0.6) is 0 Å². The zero-order valence-electron chi connectivity index (χ0n) is 14.4. The average Bonchev–Trinajstić information content (AvgIpc) is 2.63. The van der Waals surface area contributed by atoms with Crippen LogP contribution in [0.1, 0.15) is 35.7 Å². The highest BCUT2D eigenvalue weighted by atomic mass is 16.5. The van der Waals surface area contributed by atoms with Crippen LogP contribution in [0.25, 0.3) is 0 Å². The van der Waals surface area contributed by atoms with E-state index in [0.717, 1.165) is 37.9 Å². The van der Waals surface area contributed by atoms with Gasteiger partial charge in [-0.3, -0.25) is 9.59 Å². The van der Waals surface area contributed by atoms with E-state index in [1.165, 1.54) is 5.56 Å². The molecule has 1 aromatic carbocycles. The third kappa shape index (κ3) is 4.15. The highest BCUT2D eigenvalue weighted by Gasteiger charge is 2.21. The van der Waals surface area contributed by atoms with Gasteiger partial charge in [0.15, 0.2) is 0 Å². The molecule has 0 atom stereocenters. The molecular formula is C19H26N2O3. The zero-order chi connectivity index (χ0) is 16.9. The molecule has 2 aliphatic rings. The van der Waals surface area contributed by atoms with Crippen molar-refractivity contribution in [2.45, 2.75) is 26.2 Å². The maximum absolute atomic E-state index is 12.4. The number of carbonyl (C=O) groups excluding carboxylic acids is 2. The summed E-state index contributed by atoms with van der Waals surface area (Å²) in [6.07, 6.45) is 3.15. The van der Waals surface area contributed by atoms with Crippen LogP contribution in [0.3, 0.4) is 0 Å². The zero-order valence-corrected chi connectivity index (χ0v) is 14.4. The van der Waals surface area contributed by atoms with Gasteiger partial charge in [0.1, 0.15) is 0 Å². The van der Waals surface area contributed by atoms with E-state index < -0.39 is 0 Å². The lowest BCUT2D eigenvalue weighted by molar-refractivity contribution is -0.130. The van der Waals surface area contributed by atoms with Crippen molar-refractivity contribution in [2.24, 2.45) is 5.92 Å². The van der Waals surface area contributed by atoms with Gasteiger partial charge in [-0.25, -0.2) is 0 Å². The van der Waals surface area contributed by atoms with Crippen molar-refractivity contribution in [1.29, 1.82) is 0 Å². The fourth-order valence-electron chi connectivity index (χ4n) is 3.52. The molecule has 0 unspecified atom stereocenters. The van der Waals surface area contributed by atoms with Crippen LogP contribution in [0.15, 0.2) is 24.3 Å². The normalized spacial score (nSPS) is 19.4. The van der Waals surface area contributed by atoms with E-state index in [1.807, 2.05) is 21.9 Å². The Morgan fingerprint density at radius 1 is 1.00 bits per heavy atom. The van der Waals surface area contributed by atoms with E-state index >= 15 is 0 Å². The van der Waals surface area contributed by atoms with Gasteiger partial charge < -0.3 is 14.5 Å². The Hall–Kier alpha value is -1.88. The largest absolute Gasteiger partial charge is 0.378 e. The Morgan fingerprint density at radius 3 is 2.21 bits per heavy atom. The quantitative estimate of drug-likeness (QED) is 0.851. The third-order valence-electron chi connectivity index (χ3n) is 5.08. The van der Waals surface area contributed by atoms with Crippen molar-refractivity contribution in [3.8, 4) is 0 Å². The van der Waals surface area contributed by atoms with E-state index in [2.05, 4.69) is 12.1 Å². The monoisotopic (exact) mass is 330 g/mol. The summed E-state index contributed by atoms with van der Waals surface area (Å²) < 4.78 is 5.29. The number of piperidine rings is 1. The van der Waals surface area contributed by atoms with E-state index in [1.54, 1.807) is 6.92 Å². The second-order valence-electron chi connectivity index (χ2n) is 6.76. The van der Waals surface area contributed by atoms with Gasteiger partial charge >= 0.3 is 0 Å². The molecule has 0 saturated carbocycles. The predicted molar refractivity (Wildman–Crippen MR) is 91.8 cm³/mol. The summed E-state index contributed by atoms with van der Waals surface area (Å²) >= 11 is 0. The molecule has 1 aromatic rings. The summed E-state index contributed by atoms with van der Waals surface area (Å²) in [7, 11) is 0. The molecule has 2 amide bonds. The Balaban J connectivity index is 1.53. The van der Waals surface area contributed by atoms with E-state index in [9.17, 15) is 9.59 Å². The van der Waals surface area contributed by atoms with Gasteiger partial charge in [-0.05, 0) is 42.9 Å². The Bertz CT molecular complexity index is 571. The minimum atomic E-state index is 0.0969. The fourth-order valence-corrected chi connectivity index (χ4v) is 3.52. The van der Waals surface area contributed by atoms with Crippen molar-refractivity contribution < 1.29 is 14.3 Å². The fraction of sp³-hybridized carbons (Fsp3) is 0.579. The molecular weight excluding hydrogens is 304 g/mol. The SMILES string of the molecule is CC(=O)N1CCC(Cc2ccc(C(=O)N3CCOCC3)cc2)CC1. The van der Waals surface area contributed by atoms with Crippen LogP contribution >= 0.6 is 0 Å². The lowest BCUT2D eigenvalue weighted by Crippen LogP contribution is -2.40. The summed E-state index contributed by atoms with van der Waals surface area (Å²) in [5.74, 6) is 0.903. The number of likely N-dealkylation sites (tertiary alicyclic amines) is 1. The number of nitrogens with zero attached hydrogens (tertiary/aromatic N) is 2. The van der Waals surface area contributed by atoms with Crippen molar-refractivity contribution in [2.75, 3.05) is 39.4 Å². The van der Waals surface area contributed by atoms with Gasteiger partial charge in [0, 0.05) is 38.7 Å². The van der Waals surface area contributed by atoms with Crippen molar-refractivity contribution >= 4 is 11.8 Å². The highest BCUT2D eigenvalue weighted by molar-refractivity contribution is 5.94. The van der Waals surface area contributed by atoms with Crippen LogP contribution in [0, 0.1) is 5.92 Å². The van der Waals surface area contributed by atoms with Gasteiger partial charge in [-0.2, -0.15) is 0 Å². The maximum Gasteiger partial charge on any atom is 0.254 e. The standard InChI is InChI=1S/C19H26N2O3/c1-15(22)20-8-6-17(7-9-20)14-16-2-4-18(5-3-16)19(23)21-10-12-24-13-11-21/h2-5,17H,6-14H2,1H3. The molecule has 5 heteroatoms. The van der Waals surface area contributed by atoms with Crippen LogP contribution in [0.2, 0.25) is 0 Å². The van der Waals surface area contributed by atoms with Crippen molar-refractivity contribution in [3.05, 3.63) is 35.4 Å². The number of rotatable bonds is 3. The van der Waals surface area contributed by atoms with Gasteiger partial charge in [0.2, 0.25) is 5.91 Å². The first kappa shape index (κ1) is 17.0. The molecule has 24 heavy (non-hydrogen) atoms. The number of morpholine rings is 1. The molecule has 0 aliphatic carbocycles. The Morgan fingerprint density at radius 2 is 1.62 bits per heavy atom. The first-order valence-electron chi connectivity index (χ1n) is 8.85. The van der Waals surface area contributed by atoms with Gasteiger partial charge in [0.25, 0.3) is 5.91 Å². The summed E-state index contributed by atoms with van der Waals surface area (Å²) in [5, 5.41) is 0.